The molecule has 0 saturated heterocycles. The maximum atomic E-state index is 11.9. The molecule has 0 aliphatic rings. The smallest absolute Gasteiger partial charge is 0.226 e. The highest BCUT2D eigenvalue weighted by Gasteiger charge is 2.13. The van der Waals surface area contributed by atoms with Gasteiger partial charge in [-0.3, -0.25) is 9.59 Å². The molecule has 1 N–H and O–H groups in total. The van der Waals surface area contributed by atoms with Gasteiger partial charge >= 0.3 is 0 Å². The Morgan fingerprint density at radius 1 is 1.23 bits per heavy atom. The van der Waals surface area contributed by atoms with E-state index in [0.29, 0.717) is 29.6 Å². The maximum absolute atomic E-state index is 11.9. The minimum Gasteiger partial charge on any atom is -0.467 e. The van der Waals surface area contributed by atoms with Gasteiger partial charge < -0.3 is 14.6 Å². The number of nitrogens with one attached hydrogen (secondary N) is 1. The number of nitrogens with zero attached hydrogens (tertiary/aromatic N) is 1. The van der Waals surface area contributed by atoms with Crippen molar-refractivity contribution in [1.82, 2.24) is 4.90 Å². The molecule has 0 saturated carbocycles. The summed E-state index contributed by atoms with van der Waals surface area (Å²) in [4.78, 5) is 25.1. The van der Waals surface area contributed by atoms with E-state index in [-0.39, 0.29) is 18.2 Å². The van der Waals surface area contributed by atoms with Crippen LogP contribution in [-0.2, 0) is 16.1 Å². The Kier molecular flexibility index (Phi) is 5.61. The Balaban J connectivity index is 1.84. The lowest BCUT2D eigenvalue weighted by atomic mass is 10.3. The molecule has 2 aromatic rings. The van der Waals surface area contributed by atoms with Crippen molar-refractivity contribution < 1.29 is 14.0 Å². The predicted octanol–water partition coefficient (Wildman–Crippen LogP) is 3.31. The third kappa shape index (κ3) is 4.93. The fourth-order valence-corrected chi connectivity index (χ4v) is 2.06. The Bertz CT molecular complexity index is 623. The molecule has 5 nitrogen and oxygen atoms in total. The van der Waals surface area contributed by atoms with Gasteiger partial charge in [-0.25, -0.2) is 0 Å². The van der Waals surface area contributed by atoms with Crippen molar-refractivity contribution in [2.45, 2.75) is 19.9 Å². The molecule has 2 rings (SSSR count). The molecule has 0 atom stereocenters. The van der Waals surface area contributed by atoms with E-state index in [1.807, 2.05) is 0 Å². The van der Waals surface area contributed by atoms with Crippen LogP contribution in [0.4, 0.5) is 5.69 Å². The standard InChI is InChI=1S/C16H17ClN2O3/c1-12(20)19(11-15-3-2-10-22-15)9-8-16(21)18-14-6-4-13(17)5-7-14/h2-7,10H,8-9,11H2,1H3,(H,18,21). The lowest BCUT2D eigenvalue weighted by molar-refractivity contribution is -0.130. The molecule has 2 amide bonds. The van der Waals surface area contributed by atoms with Crippen LogP contribution in [0.25, 0.3) is 0 Å². The van der Waals surface area contributed by atoms with Gasteiger partial charge in [0.15, 0.2) is 0 Å². The fourth-order valence-electron chi connectivity index (χ4n) is 1.93. The van der Waals surface area contributed by atoms with E-state index >= 15 is 0 Å². The van der Waals surface area contributed by atoms with Crippen LogP contribution in [-0.4, -0.2) is 23.3 Å². The highest BCUT2D eigenvalue weighted by Crippen LogP contribution is 2.14. The van der Waals surface area contributed by atoms with Crippen molar-refractivity contribution in [3.8, 4) is 0 Å². The zero-order valence-corrected chi connectivity index (χ0v) is 13.0. The van der Waals surface area contributed by atoms with Gasteiger partial charge in [0.05, 0.1) is 12.8 Å². The van der Waals surface area contributed by atoms with Crippen LogP contribution in [0.5, 0.6) is 0 Å². The molecule has 0 fully saturated rings. The van der Waals surface area contributed by atoms with Crippen LogP contribution in [0.15, 0.2) is 47.1 Å². The number of carbonyl (C=O) groups is 2. The maximum Gasteiger partial charge on any atom is 0.226 e. The van der Waals surface area contributed by atoms with Crippen LogP contribution >= 0.6 is 11.6 Å². The number of benzene rings is 1. The second kappa shape index (κ2) is 7.66. The largest absolute Gasteiger partial charge is 0.467 e. The topological polar surface area (TPSA) is 62.6 Å². The fraction of sp³-hybridized carbons (Fsp3) is 0.250. The van der Waals surface area contributed by atoms with Crippen molar-refractivity contribution in [2.75, 3.05) is 11.9 Å². The van der Waals surface area contributed by atoms with E-state index in [9.17, 15) is 9.59 Å². The minimum atomic E-state index is -0.159. The number of rotatable bonds is 6. The van der Waals surface area contributed by atoms with Crippen molar-refractivity contribution in [1.29, 1.82) is 0 Å². The van der Waals surface area contributed by atoms with Gasteiger partial charge in [-0.2, -0.15) is 0 Å². The van der Waals surface area contributed by atoms with Gasteiger partial charge in [-0.15, -0.1) is 0 Å². The quantitative estimate of drug-likeness (QED) is 0.888. The third-order valence-electron chi connectivity index (χ3n) is 3.11. The van der Waals surface area contributed by atoms with Crippen LogP contribution in [0.3, 0.4) is 0 Å². The van der Waals surface area contributed by atoms with Crippen molar-refractivity contribution >= 4 is 29.1 Å². The Labute approximate surface area is 133 Å². The van der Waals surface area contributed by atoms with E-state index in [1.54, 1.807) is 47.6 Å². The van der Waals surface area contributed by atoms with Gasteiger partial charge in [0.2, 0.25) is 11.8 Å². The monoisotopic (exact) mass is 320 g/mol. The van der Waals surface area contributed by atoms with Gasteiger partial charge in [0.25, 0.3) is 0 Å². The summed E-state index contributed by atoms with van der Waals surface area (Å²) in [6.45, 7) is 2.16. The average molecular weight is 321 g/mol. The molecule has 0 unspecified atom stereocenters. The van der Waals surface area contributed by atoms with E-state index in [2.05, 4.69) is 5.32 Å². The minimum absolute atomic E-state index is 0.101. The number of amides is 2. The van der Waals surface area contributed by atoms with Gasteiger partial charge in [0, 0.05) is 30.6 Å². The summed E-state index contributed by atoms with van der Waals surface area (Å²) in [5, 5.41) is 3.37. The summed E-state index contributed by atoms with van der Waals surface area (Å²) in [6, 6.07) is 10.4. The summed E-state index contributed by atoms with van der Waals surface area (Å²) >= 11 is 5.79. The molecule has 1 heterocycles. The van der Waals surface area contributed by atoms with Gasteiger partial charge in [-0.05, 0) is 36.4 Å². The number of furan rings is 1. The molecule has 6 heteroatoms. The molecule has 0 spiro atoms. The molecular weight excluding hydrogens is 304 g/mol. The highest BCUT2D eigenvalue weighted by atomic mass is 35.5. The molecule has 0 aliphatic heterocycles. The zero-order chi connectivity index (χ0) is 15.9. The first-order valence-electron chi connectivity index (χ1n) is 6.88. The number of hydrogen-bond donors (Lipinski definition) is 1. The van der Waals surface area contributed by atoms with Crippen molar-refractivity contribution in [3.63, 3.8) is 0 Å². The number of anilines is 1. The van der Waals surface area contributed by atoms with E-state index in [0.717, 1.165) is 0 Å². The van der Waals surface area contributed by atoms with Crippen LogP contribution in [0.1, 0.15) is 19.1 Å². The number of hydrogen-bond acceptors (Lipinski definition) is 3. The molecule has 0 radical (unpaired) electrons. The second-order valence-corrected chi connectivity index (χ2v) is 5.26. The van der Waals surface area contributed by atoms with Crippen LogP contribution in [0, 0.1) is 0 Å². The molecular formula is C16H17ClN2O3. The first-order valence-corrected chi connectivity index (χ1v) is 7.25. The number of halogens is 1. The summed E-state index contributed by atoms with van der Waals surface area (Å²) in [6.07, 6.45) is 1.77. The average Bonchev–Trinajstić information content (AvgIpc) is 2.98. The molecule has 1 aromatic heterocycles. The molecule has 0 bridgehead atoms. The van der Waals surface area contributed by atoms with E-state index in [1.165, 1.54) is 6.92 Å². The third-order valence-corrected chi connectivity index (χ3v) is 3.36. The highest BCUT2D eigenvalue weighted by molar-refractivity contribution is 6.30. The lowest BCUT2D eigenvalue weighted by Gasteiger charge is -2.19. The van der Waals surface area contributed by atoms with E-state index < -0.39 is 0 Å². The first kappa shape index (κ1) is 16.1. The Morgan fingerprint density at radius 3 is 2.55 bits per heavy atom. The second-order valence-electron chi connectivity index (χ2n) is 4.83. The summed E-state index contributed by atoms with van der Waals surface area (Å²) in [5.74, 6) is 0.428. The lowest BCUT2D eigenvalue weighted by Crippen LogP contribution is -2.31. The van der Waals surface area contributed by atoms with Crippen LogP contribution < -0.4 is 5.32 Å². The molecule has 116 valence electrons. The SMILES string of the molecule is CC(=O)N(CCC(=O)Nc1ccc(Cl)cc1)Cc1ccco1. The normalized spacial score (nSPS) is 10.3. The predicted molar refractivity (Wildman–Crippen MR) is 84.5 cm³/mol. The summed E-state index contributed by atoms with van der Waals surface area (Å²) in [5.41, 5.74) is 0.676. The first-order chi connectivity index (χ1) is 10.5. The Hall–Kier alpha value is -2.27. The molecule has 1 aromatic carbocycles. The zero-order valence-electron chi connectivity index (χ0n) is 12.2. The van der Waals surface area contributed by atoms with Crippen molar-refractivity contribution in [3.05, 3.63) is 53.4 Å². The number of carbonyl (C=O) groups excluding carboxylic acids is 2. The van der Waals surface area contributed by atoms with Crippen LogP contribution in [0.2, 0.25) is 5.02 Å². The Morgan fingerprint density at radius 2 is 1.95 bits per heavy atom. The van der Waals surface area contributed by atoms with Gasteiger partial charge in [-0.1, -0.05) is 11.6 Å². The summed E-state index contributed by atoms with van der Waals surface area (Å²) in [7, 11) is 0. The van der Waals surface area contributed by atoms with E-state index in [4.69, 9.17) is 16.0 Å². The molecule has 0 aliphatic carbocycles. The van der Waals surface area contributed by atoms with Crippen molar-refractivity contribution in [2.24, 2.45) is 0 Å². The summed E-state index contributed by atoms with van der Waals surface area (Å²) < 4.78 is 5.22. The molecule has 22 heavy (non-hydrogen) atoms. The van der Waals surface area contributed by atoms with Gasteiger partial charge in [0.1, 0.15) is 5.76 Å².